The first kappa shape index (κ1) is 14.6. The molecule has 1 fully saturated rings. The minimum Gasteiger partial charge on any atom is -0.317 e. The zero-order valence-electron chi connectivity index (χ0n) is 13.1. The maximum Gasteiger partial charge on any atom is 0.210 e. The summed E-state index contributed by atoms with van der Waals surface area (Å²) in [6, 6.07) is 0. The summed E-state index contributed by atoms with van der Waals surface area (Å²) in [4.78, 5) is 4.31. The number of piperidine rings is 1. The van der Waals surface area contributed by atoms with Crippen molar-refractivity contribution >= 4 is 11.3 Å². The van der Waals surface area contributed by atoms with Crippen molar-refractivity contribution in [1.82, 2.24) is 29.9 Å². The third-order valence-corrected chi connectivity index (χ3v) is 5.12. The van der Waals surface area contributed by atoms with Crippen molar-refractivity contribution in [2.45, 2.75) is 26.3 Å². The lowest BCUT2D eigenvalue weighted by Gasteiger charge is -2.22. The standard InChI is InChI=1S/C16H20N6S/c1-12-15(11-22(20-12)16-18-6-7-23-16)14-8-19-21(10-14)9-13-2-4-17-5-3-13/h6-8,10-11,13,17H,2-5,9H2,1H3. The second kappa shape index (κ2) is 6.25. The Kier molecular flexibility index (Phi) is 3.97. The molecule has 23 heavy (non-hydrogen) atoms. The van der Waals surface area contributed by atoms with Gasteiger partial charge in [0, 0.05) is 41.6 Å². The van der Waals surface area contributed by atoms with E-state index in [-0.39, 0.29) is 0 Å². The van der Waals surface area contributed by atoms with Gasteiger partial charge in [0.1, 0.15) is 0 Å². The molecule has 4 rings (SSSR count). The van der Waals surface area contributed by atoms with Crippen LogP contribution in [0.3, 0.4) is 0 Å². The normalized spacial score (nSPS) is 16.0. The lowest BCUT2D eigenvalue weighted by molar-refractivity contribution is 0.321. The topological polar surface area (TPSA) is 60.6 Å². The molecule has 6 nitrogen and oxygen atoms in total. The quantitative estimate of drug-likeness (QED) is 0.799. The van der Waals surface area contributed by atoms with Gasteiger partial charge in [-0.3, -0.25) is 4.68 Å². The van der Waals surface area contributed by atoms with Gasteiger partial charge in [-0.25, -0.2) is 9.67 Å². The van der Waals surface area contributed by atoms with Crippen molar-refractivity contribution < 1.29 is 0 Å². The first-order valence-corrected chi connectivity index (χ1v) is 8.87. The zero-order chi connectivity index (χ0) is 15.6. The van der Waals surface area contributed by atoms with Crippen LogP contribution < -0.4 is 5.32 Å². The molecule has 0 spiro atoms. The Morgan fingerprint density at radius 1 is 1.30 bits per heavy atom. The highest BCUT2D eigenvalue weighted by Gasteiger charge is 2.16. The number of rotatable bonds is 4. The van der Waals surface area contributed by atoms with Crippen LogP contribution in [0.2, 0.25) is 0 Å². The number of aromatic nitrogens is 5. The average Bonchev–Trinajstić information content (AvgIpc) is 3.28. The first-order valence-electron chi connectivity index (χ1n) is 7.99. The number of hydrogen-bond acceptors (Lipinski definition) is 5. The predicted molar refractivity (Wildman–Crippen MR) is 90.8 cm³/mol. The molecule has 0 unspecified atom stereocenters. The van der Waals surface area contributed by atoms with E-state index in [4.69, 9.17) is 0 Å². The maximum absolute atomic E-state index is 4.57. The van der Waals surface area contributed by atoms with Crippen LogP contribution in [0.25, 0.3) is 16.3 Å². The van der Waals surface area contributed by atoms with Crippen LogP contribution in [0.5, 0.6) is 0 Å². The van der Waals surface area contributed by atoms with Gasteiger partial charge in [-0.05, 0) is 38.8 Å². The van der Waals surface area contributed by atoms with E-state index in [1.807, 2.05) is 29.4 Å². The molecule has 0 aromatic carbocycles. The molecule has 0 atom stereocenters. The van der Waals surface area contributed by atoms with E-state index >= 15 is 0 Å². The van der Waals surface area contributed by atoms with E-state index in [1.165, 1.54) is 12.8 Å². The molecule has 120 valence electrons. The molecule has 1 N–H and O–H groups in total. The van der Waals surface area contributed by atoms with E-state index in [9.17, 15) is 0 Å². The van der Waals surface area contributed by atoms with Crippen LogP contribution in [0.15, 0.2) is 30.2 Å². The fourth-order valence-electron chi connectivity index (χ4n) is 3.10. The minimum atomic E-state index is 0.725. The van der Waals surface area contributed by atoms with E-state index in [1.54, 1.807) is 17.5 Å². The molecule has 0 aliphatic carbocycles. The molecule has 1 saturated heterocycles. The summed E-state index contributed by atoms with van der Waals surface area (Å²) in [7, 11) is 0. The van der Waals surface area contributed by atoms with Gasteiger partial charge in [0.2, 0.25) is 5.13 Å². The van der Waals surface area contributed by atoms with E-state index < -0.39 is 0 Å². The van der Waals surface area contributed by atoms with Crippen molar-refractivity contribution in [2.75, 3.05) is 13.1 Å². The molecule has 0 bridgehead atoms. The van der Waals surface area contributed by atoms with Crippen molar-refractivity contribution in [3.8, 4) is 16.3 Å². The number of thiazole rings is 1. The molecule has 0 saturated carbocycles. The molecule has 0 radical (unpaired) electrons. The van der Waals surface area contributed by atoms with Gasteiger partial charge in [-0.1, -0.05) is 0 Å². The maximum atomic E-state index is 4.57. The number of nitrogens with one attached hydrogen (secondary N) is 1. The molecule has 1 aliphatic heterocycles. The molecule has 1 aliphatic rings. The van der Waals surface area contributed by atoms with Crippen molar-refractivity contribution in [1.29, 1.82) is 0 Å². The summed E-state index contributed by atoms with van der Waals surface area (Å²) in [6.45, 7) is 5.28. The van der Waals surface area contributed by atoms with E-state index in [0.717, 1.165) is 47.5 Å². The number of aryl methyl sites for hydroxylation is 1. The van der Waals surface area contributed by atoms with Crippen molar-refractivity contribution in [2.24, 2.45) is 5.92 Å². The smallest absolute Gasteiger partial charge is 0.210 e. The van der Waals surface area contributed by atoms with Crippen molar-refractivity contribution in [3.05, 3.63) is 35.9 Å². The Morgan fingerprint density at radius 2 is 2.17 bits per heavy atom. The summed E-state index contributed by atoms with van der Waals surface area (Å²) in [5, 5.41) is 15.4. The molecule has 7 heteroatoms. The van der Waals surface area contributed by atoms with E-state index in [2.05, 4.69) is 31.4 Å². The van der Waals surface area contributed by atoms with Crippen LogP contribution >= 0.6 is 11.3 Å². The van der Waals surface area contributed by atoms with Gasteiger partial charge in [0.05, 0.1) is 11.9 Å². The monoisotopic (exact) mass is 328 g/mol. The Bertz CT molecular complexity index is 766. The largest absolute Gasteiger partial charge is 0.317 e. The number of nitrogens with zero attached hydrogens (tertiary/aromatic N) is 5. The SMILES string of the molecule is Cc1nn(-c2nccs2)cc1-c1cnn(CC2CCNCC2)c1. The molecular formula is C16H20N6S. The summed E-state index contributed by atoms with van der Waals surface area (Å²) >= 11 is 1.58. The highest BCUT2D eigenvalue weighted by Crippen LogP contribution is 2.25. The van der Waals surface area contributed by atoms with Gasteiger partial charge in [-0.2, -0.15) is 10.2 Å². The summed E-state index contributed by atoms with van der Waals surface area (Å²) in [5.41, 5.74) is 3.25. The van der Waals surface area contributed by atoms with Gasteiger partial charge >= 0.3 is 0 Å². The highest BCUT2D eigenvalue weighted by molar-refractivity contribution is 7.12. The van der Waals surface area contributed by atoms with Crippen LogP contribution in [0.4, 0.5) is 0 Å². The van der Waals surface area contributed by atoms with Crippen LogP contribution in [0, 0.1) is 12.8 Å². The van der Waals surface area contributed by atoms with Crippen LogP contribution in [-0.2, 0) is 6.54 Å². The molecule has 3 aromatic rings. The minimum absolute atomic E-state index is 0.725. The first-order chi connectivity index (χ1) is 11.3. The van der Waals surface area contributed by atoms with E-state index in [0.29, 0.717) is 0 Å². The average molecular weight is 328 g/mol. The predicted octanol–water partition coefficient (Wildman–Crippen LogP) is 2.50. The Balaban J connectivity index is 1.54. The second-order valence-electron chi connectivity index (χ2n) is 6.03. The molecular weight excluding hydrogens is 308 g/mol. The third-order valence-electron chi connectivity index (χ3n) is 4.36. The lowest BCUT2D eigenvalue weighted by atomic mass is 9.98. The zero-order valence-corrected chi connectivity index (χ0v) is 14.0. The molecule has 4 heterocycles. The lowest BCUT2D eigenvalue weighted by Crippen LogP contribution is -2.29. The fourth-order valence-corrected chi connectivity index (χ4v) is 3.67. The highest BCUT2D eigenvalue weighted by atomic mass is 32.1. The second-order valence-corrected chi connectivity index (χ2v) is 6.90. The Morgan fingerprint density at radius 3 is 2.96 bits per heavy atom. The third kappa shape index (κ3) is 3.07. The van der Waals surface area contributed by atoms with Gasteiger partial charge in [0.15, 0.2) is 0 Å². The Hall–Kier alpha value is -1.99. The summed E-state index contributed by atoms with van der Waals surface area (Å²) < 4.78 is 3.92. The van der Waals surface area contributed by atoms with Crippen molar-refractivity contribution in [3.63, 3.8) is 0 Å². The molecule has 0 amide bonds. The van der Waals surface area contributed by atoms with Crippen LogP contribution in [0.1, 0.15) is 18.5 Å². The van der Waals surface area contributed by atoms with Gasteiger partial charge in [-0.15, -0.1) is 11.3 Å². The van der Waals surface area contributed by atoms with Crippen LogP contribution in [-0.4, -0.2) is 37.6 Å². The van der Waals surface area contributed by atoms with Gasteiger partial charge < -0.3 is 5.32 Å². The summed E-state index contributed by atoms with van der Waals surface area (Å²) in [5.74, 6) is 0.725. The molecule has 3 aromatic heterocycles. The Labute approximate surface area is 139 Å². The van der Waals surface area contributed by atoms with Gasteiger partial charge in [0.25, 0.3) is 0 Å². The number of hydrogen-bond donors (Lipinski definition) is 1. The summed E-state index contributed by atoms with van der Waals surface area (Å²) in [6.07, 6.45) is 10.4. The fraction of sp³-hybridized carbons (Fsp3) is 0.438.